The van der Waals surface area contributed by atoms with Gasteiger partial charge in [-0.3, -0.25) is 4.79 Å². The molecule has 3 N–H and O–H groups in total. The Kier molecular flexibility index (Phi) is 6.74. The molecule has 33 heavy (non-hydrogen) atoms. The molecule has 2 aromatic carbocycles. The number of nitrogen functional groups attached to an aromatic ring is 1. The smallest absolute Gasteiger partial charge is 0.257 e. The minimum atomic E-state index is -0.273. The summed E-state index contributed by atoms with van der Waals surface area (Å²) in [5.74, 6) is 0.788. The van der Waals surface area contributed by atoms with Gasteiger partial charge in [-0.1, -0.05) is 30.3 Å². The molecule has 0 unspecified atom stereocenters. The third-order valence-electron chi connectivity index (χ3n) is 5.40. The van der Waals surface area contributed by atoms with E-state index in [2.05, 4.69) is 5.32 Å². The largest absolute Gasteiger partial charge is 0.496 e. The van der Waals surface area contributed by atoms with E-state index in [-0.39, 0.29) is 12.0 Å². The summed E-state index contributed by atoms with van der Waals surface area (Å²) in [5, 5.41) is 2.95. The summed E-state index contributed by atoms with van der Waals surface area (Å²) >= 11 is 0. The molecule has 0 saturated heterocycles. The zero-order chi connectivity index (χ0) is 23.4. The number of amides is 1. The highest BCUT2D eigenvalue weighted by Gasteiger charge is 2.24. The van der Waals surface area contributed by atoms with Crippen molar-refractivity contribution in [3.05, 3.63) is 59.7 Å². The number of para-hydroxylation sites is 3. The van der Waals surface area contributed by atoms with Gasteiger partial charge in [0.15, 0.2) is 5.65 Å². The quantitative estimate of drug-likeness (QED) is 0.379. The Morgan fingerprint density at radius 1 is 1.09 bits per heavy atom. The van der Waals surface area contributed by atoms with Gasteiger partial charge >= 0.3 is 0 Å². The number of nitrogens with two attached hydrogens (primary N) is 1. The maximum absolute atomic E-state index is 13.2. The van der Waals surface area contributed by atoms with Crippen LogP contribution in [-0.2, 0) is 11.3 Å². The van der Waals surface area contributed by atoms with Crippen LogP contribution in [0.5, 0.6) is 5.75 Å². The van der Waals surface area contributed by atoms with Crippen LogP contribution in [0.4, 0.5) is 5.82 Å². The fourth-order valence-electron chi connectivity index (χ4n) is 3.79. The van der Waals surface area contributed by atoms with Crippen LogP contribution in [0.2, 0.25) is 0 Å². The first-order valence-corrected chi connectivity index (χ1v) is 11.1. The molecule has 172 valence electrons. The summed E-state index contributed by atoms with van der Waals surface area (Å²) in [6, 6.07) is 15.3. The molecule has 8 heteroatoms. The number of rotatable bonds is 9. The second-order valence-electron chi connectivity index (χ2n) is 8.07. The fraction of sp³-hybridized carbons (Fsp3) is 0.320. The predicted molar refractivity (Wildman–Crippen MR) is 130 cm³/mol. The van der Waals surface area contributed by atoms with Crippen molar-refractivity contribution in [3.63, 3.8) is 0 Å². The monoisotopic (exact) mass is 447 g/mol. The Bertz CT molecular complexity index is 1280. The summed E-state index contributed by atoms with van der Waals surface area (Å²) in [4.78, 5) is 22.7. The molecule has 2 heterocycles. The molecule has 4 aromatic rings. The lowest BCUT2D eigenvalue weighted by molar-refractivity contribution is 0.0757. The Balaban J connectivity index is 1.73. The summed E-state index contributed by atoms with van der Waals surface area (Å²) in [6.07, 6.45) is 0.867. The molecule has 0 fully saturated rings. The van der Waals surface area contributed by atoms with Gasteiger partial charge in [-0.05, 0) is 38.5 Å². The second kappa shape index (κ2) is 9.87. The molecule has 0 radical (unpaired) electrons. The van der Waals surface area contributed by atoms with Crippen molar-refractivity contribution < 1.29 is 14.3 Å². The van der Waals surface area contributed by atoms with Crippen molar-refractivity contribution in [1.82, 2.24) is 19.9 Å². The van der Waals surface area contributed by atoms with Crippen molar-refractivity contribution >= 4 is 33.9 Å². The van der Waals surface area contributed by atoms with E-state index >= 15 is 0 Å². The van der Waals surface area contributed by atoms with Crippen LogP contribution in [0, 0.1) is 0 Å². The lowest BCUT2D eigenvalue weighted by Crippen LogP contribution is -2.26. The number of nitrogens with zero attached hydrogens (tertiary/aromatic N) is 3. The van der Waals surface area contributed by atoms with Gasteiger partial charge < -0.3 is 25.1 Å². The Labute approximate surface area is 192 Å². The Morgan fingerprint density at radius 3 is 2.52 bits per heavy atom. The Morgan fingerprint density at radius 2 is 1.79 bits per heavy atom. The molecule has 4 rings (SSSR count). The minimum Gasteiger partial charge on any atom is -0.496 e. The van der Waals surface area contributed by atoms with Gasteiger partial charge in [0.05, 0.1) is 30.8 Å². The van der Waals surface area contributed by atoms with Crippen molar-refractivity contribution in [2.45, 2.75) is 32.9 Å². The van der Waals surface area contributed by atoms with Crippen LogP contribution >= 0.6 is 0 Å². The minimum absolute atomic E-state index is 0.160. The highest BCUT2D eigenvalue weighted by molar-refractivity contribution is 6.10. The van der Waals surface area contributed by atoms with Gasteiger partial charge in [0.2, 0.25) is 0 Å². The summed E-state index contributed by atoms with van der Waals surface area (Å²) in [7, 11) is 1.63. The maximum atomic E-state index is 13.2. The predicted octanol–water partition coefficient (Wildman–Crippen LogP) is 3.77. The summed E-state index contributed by atoms with van der Waals surface area (Å²) < 4.78 is 12.9. The third-order valence-corrected chi connectivity index (χ3v) is 5.40. The lowest BCUT2D eigenvalue weighted by Gasteiger charge is -2.12. The number of ether oxygens (including phenoxy) is 2. The fourth-order valence-corrected chi connectivity index (χ4v) is 3.79. The average Bonchev–Trinajstić information content (AvgIpc) is 3.07. The highest BCUT2D eigenvalue weighted by Crippen LogP contribution is 2.30. The molecule has 0 atom stereocenters. The molecule has 8 nitrogen and oxygen atoms in total. The van der Waals surface area contributed by atoms with Gasteiger partial charge in [-0.2, -0.15) is 0 Å². The number of benzene rings is 2. The lowest BCUT2D eigenvalue weighted by atomic mass is 10.2. The van der Waals surface area contributed by atoms with Gasteiger partial charge in [0, 0.05) is 18.7 Å². The molecule has 0 saturated carbocycles. The Hall–Kier alpha value is -3.65. The van der Waals surface area contributed by atoms with Crippen molar-refractivity contribution in [1.29, 1.82) is 0 Å². The SMILES string of the molecule is COc1ccccc1Cn1c(N)c(C(=O)NCCCOC(C)C)c2nc3ccccc3nc21. The number of methoxy groups -OCH3 is 1. The first-order chi connectivity index (χ1) is 16.0. The highest BCUT2D eigenvalue weighted by atomic mass is 16.5. The van der Waals surface area contributed by atoms with Crippen molar-refractivity contribution in [2.24, 2.45) is 0 Å². The van der Waals surface area contributed by atoms with Crippen LogP contribution in [0.25, 0.3) is 22.2 Å². The van der Waals surface area contributed by atoms with Gasteiger partial charge in [0.1, 0.15) is 22.6 Å². The third kappa shape index (κ3) is 4.75. The topological polar surface area (TPSA) is 104 Å². The molecule has 0 aliphatic rings. The van der Waals surface area contributed by atoms with E-state index in [0.29, 0.717) is 54.2 Å². The molecular formula is C25H29N5O3. The summed E-state index contributed by atoms with van der Waals surface area (Å²) in [5.41, 5.74) is 10.3. The van der Waals surface area contributed by atoms with Gasteiger partial charge in [0.25, 0.3) is 5.91 Å². The molecular weight excluding hydrogens is 418 g/mol. The van der Waals surface area contributed by atoms with Crippen LogP contribution < -0.4 is 15.8 Å². The van der Waals surface area contributed by atoms with Gasteiger partial charge in [-0.25, -0.2) is 9.97 Å². The van der Waals surface area contributed by atoms with Crippen molar-refractivity contribution in [3.8, 4) is 5.75 Å². The zero-order valence-electron chi connectivity index (χ0n) is 19.2. The number of hydrogen-bond donors (Lipinski definition) is 2. The van der Waals surface area contributed by atoms with Crippen LogP contribution in [-0.4, -0.2) is 46.8 Å². The van der Waals surface area contributed by atoms with E-state index in [4.69, 9.17) is 25.2 Å². The van der Waals surface area contributed by atoms with Crippen LogP contribution in [0.1, 0.15) is 36.2 Å². The standard InChI is InChI=1S/C25H29N5O3/c1-16(2)33-14-8-13-27-25(31)21-22-24(29-19-11-6-5-10-18(19)28-22)30(23(21)26)15-17-9-4-7-12-20(17)32-3/h4-7,9-12,16H,8,13-15,26H2,1-3H3,(H,27,31). The number of carbonyl (C=O) groups excluding carboxylic acids is 1. The number of hydrogen-bond acceptors (Lipinski definition) is 6. The zero-order valence-corrected chi connectivity index (χ0v) is 19.2. The summed E-state index contributed by atoms with van der Waals surface area (Å²) in [6.45, 7) is 5.42. The molecule has 0 aliphatic carbocycles. The first-order valence-electron chi connectivity index (χ1n) is 11.1. The second-order valence-corrected chi connectivity index (χ2v) is 8.07. The normalized spacial score (nSPS) is 11.4. The molecule has 0 spiro atoms. The van der Waals surface area contributed by atoms with E-state index in [1.165, 1.54) is 0 Å². The molecule has 0 bridgehead atoms. The van der Waals surface area contributed by atoms with Crippen LogP contribution in [0.15, 0.2) is 48.5 Å². The van der Waals surface area contributed by atoms with E-state index in [0.717, 1.165) is 16.8 Å². The van der Waals surface area contributed by atoms with E-state index < -0.39 is 0 Å². The number of fused-ring (bicyclic) bond motifs is 2. The number of carbonyl (C=O) groups is 1. The van der Waals surface area contributed by atoms with Crippen molar-refractivity contribution in [2.75, 3.05) is 26.0 Å². The van der Waals surface area contributed by atoms with Gasteiger partial charge in [-0.15, -0.1) is 0 Å². The molecule has 1 amide bonds. The van der Waals surface area contributed by atoms with E-state index in [1.54, 1.807) is 7.11 Å². The van der Waals surface area contributed by atoms with E-state index in [1.807, 2.05) is 66.9 Å². The molecule has 2 aromatic heterocycles. The van der Waals surface area contributed by atoms with Crippen LogP contribution in [0.3, 0.4) is 0 Å². The number of aromatic nitrogens is 3. The van der Waals surface area contributed by atoms with E-state index in [9.17, 15) is 4.79 Å². The molecule has 0 aliphatic heterocycles. The number of nitrogens with one attached hydrogen (secondary N) is 1. The first kappa shape index (κ1) is 22.5. The average molecular weight is 448 g/mol. The maximum Gasteiger partial charge on any atom is 0.257 e. The number of anilines is 1.